The molecule has 2 nitrogen and oxygen atoms in total. The van der Waals surface area contributed by atoms with Crippen LogP contribution >= 0.6 is 11.6 Å². The Morgan fingerprint density at radius 2 is 1.82 bits per heavy atom. The van der Waals surface area contributed by atoms with Crippen LogP contribution in [-0.2, 0) is 6.54 Å². The number of hydrogen-bond acceptors (Lipinski definition) is 2. The molecule has 0 aliphatic carbocycles. The standard InChI is InChI=1S/C14H19ClN2/c1-2-17-9-7-14(8-10-17)16-11-12-3-5-13(15)6-4-12/h3-6H,2,7-11H2,1H3. The van der Waals surface area contributed by atoms with Crippen molar-refractivity contribution in [2.24, 2.45) is 4.99 Å². The topological polar surface area (TPSA) is 15.6 Å². The van der Waals surface area contributed by atoms with Gasteiger partial charge >= 0.3 is 0 Å². The summed E-state index contributed by atoms with van der Waals surface area (Å²) in [6.45, 7) is 6.49. The maximum Gasteiger partial charge on any atom is 0.0639 e. The zero-order valence-corrected chi connectivity index (χ0v) is 11.1. The molecule has 0 radical (unpaired) electrons. The van der Waals surface area contributed by atoms with Gasteiger partial charge in [-0.05, 0) is 37.1 Å². The van der Waals surface area contributed by atoms with Crippen molar-refractivity contribution in [2.75, 3.05) is 19.6 Å². The number of piperidine rings is 1. The first-order valence-electron chi connectivity index (χ1n) is 6.27. The molecule has 0 amide bonds. The summed E-state index contributed by atoms with van der Waals surface area (Å²) in [5.74, 6) is 0. The summed E-state index contributed by atoms with van der Waals surface area (Å²) in [7, 11) is 0. The van der Waals surface area contributed by atoms with Gasteiger partial charge in [-0.15, -0.1) is 0 Å². The van der Waals surface area contributed by atoms with Crippen molar-refractivity contribution in [2.45, 2.75) is 26.3 Å². The molecule has 1 aromatic carbocycles. The van der Waals surface area contributed by atoms with E-state index in [1.165, 1.54) is 11.3 Å². The fourth-order valence-electron chi connectivity index (χ4n) is 2.08. The van der Waals surface area contributed by atoms with Gasteiger partial charge in [0.15, 0.2) is 0 Å². The summed E-state index contributed by atoms with van der Waals surface area (Å²) in [5.41, 5.74) is 2.60. The molecular formula is C14H19ClN2. The number of likely N-dealkylation sites (tertiary alicyclic amines) is 1. The number of benzene rings is 1. The molecule has 1 aliphatic heterocycles. The summed E-state index contributed by atoms with van der Waals surface area (Å²) in [6.07, 6.45) is 2.25. The second kappa shape index (κ2) is 6.18. The van der Waals surface area contributed by atoms with E-state index in [2.05, 4.69) is 11.8 Å². The second-order valence-corrected chi connectivity index (χ2v) is 4.88. The largest absolute Gasteiger partial charge is 0.303 e. The number of aliphatic imine (C=N–C) groups is 1. The van der Waals surface area contributed by atoms with Crippen LogP contribution in [0.4, 0.5) is 0 Å². The monoisotopic (exact) mass is 250 g/mol. The van der Waals surface area contributed by atoms with E-state index in [0.29, 0.717) is 0 Å². The quantitative estimate of drug-likeness (QED) is 0.803. The Hall–Kier alpha value is -0.860. The van der Waals surface area contributed by atoms with Gasteiger partial charge in [0.2, 0.25) is 0 Å². The molecular weight excluding hydrogens is 232 g/mol. The summed E-state index contributed by atoms with van der Waals surface area (Å²) >= 11 is 5.85. The molecule has 0 N–H and O–H groups in total. The fourth-order valence-corrected chi connectivity index (χ4v) is 2.20. The van der Waals surface area contributed by atoms with E-state index in [9.17, 15) is 0 Å². The van der Waals surface area contributed by atoms with Gasteiger partial charge in [0, 0.05) is 23.8 Å². The Kier molecular flexibility index (Phi) is 4.57. The highest BCUT2D eigenvalue weighted by Crippen LogP contribution is 2.12. The van der Waals surface area contributed by atoms with Gasteiger partial charge in [-0.2, -0.15) is 0 Å². The van der Waals surface area contributed by atoms with E-state index in [4.69, 9.17) is 16.6 Å². The smallest absolute Gasteiger partial charge is 0.0639 e. The van der Waals surface area contributed by atoms with Crippen molar-refractivity contribution in [3.63, 3.8) is 0 Å². The minimum atomic E-state index is 0.789. The van der Waals surface area contributed by atoms with Gasteiger partial charge in [0.25, 0.3) is 0 Å². The summed E-state index contributed by atoms with van der Waals surface area (Å²) in [5, 5.41) is 0.789. The highest BCUT2D eigenvalue weighted by Gasteiger charge is 2.12. The average molecular weight is 251 g/mol. The summed E-state index contributed by atoms with van der Waals surface area (Å²) in [4.78, 5) is 7.17. The van der Waals surface area contributed by atoms with Crippen LogP contribution < -0.4 is 0 Å². The lowest BCUT2D eigenvalue weighted by Gasteiger charge is -2.26. The maximum atomic E-state index is 5.85. The van der Waals surface area contributed by atoms with Gasteiger partial charge < -0.3 is 4.90 Å². The lowest BCUT2D eigenvalue weighted by Crippen LogP contribution is -2.33. The zero-order chi connectivity index (χ0) is 12.1. The van der Waals surface area contributed by atoms with Gasteiger partial charge in [0.05, 0.1) is 6.54 Å². The molecule has 0 spiro atoms. The number of nitrogens with zero attached hydrogens (tertiary/aromatic N) is 2. The predicted octanol–water partition coefficient (Wildman–Crippen LogP) is 3.40. The number of hydrogen-bond donors (Lipinski definition) is 0. The van der Waals surface area contributed by atoms with Crippen LogP contribution in [0, 0.1) is 0 Å². The third-order valence-corrected chi connectivity index (χ3v) is 3.53. The first-order chi connectivity index (χ1) is 8.28. The Balaban J connectivity index is 1.87. The van der Waals surface area contributed by atoms with E-state index in [-0.39, 0.29) is 0 Å². The number of halogens is 1. The molecule has 17 heavy (non-hydrogen) atoms. The Bertz CT molecular complexity index is 374. The lowest BCUT2D eigenvalue weighted by molar-refractivity contribution is 0.289. The summed E-state index contributed by atoms with van der Waals surface area (Å²) in [6, 6.07) is 7.95. The van der Waals surface area contributed by atoms with Crippen molar-refractivity contribution in [1.82, 2.24) is 4.90 Å². The first kappa shape index (κ1) is 12.6. The normalized spacial score (nSPS) is 17.2. The van der Waals surface area contributed by atoms with E-state index >= 15 is 0 Å². The molecule has 3 heteroatoms. The van der Waals surface area contributed by atoms with E-state index < -0.39 is 0 Å². The van der Waals surface area contributed by atoms with Crippen LogP contribution in [0.25, 0.3) is 0 Å². The molecule has 0 bridgehead atoms. The molecule has 1 aliphatic rings. The van der Waals surface area contributed by atoms with Gasteiger partial charge in [-0.25, -0.2) is 0 Å². The third-order valence-electron chi connectivity index (χ3n) is 3.28. The first-order valence-corrected chi connectivity index (χ1v) is 6.64. The third kappa shape index (κ3) is 3.83. The molecule has 1 aromatic rings. The number of rotatable bonds is 3. The molecule has 2 rings (SSSR count). The lowest BCUT2D eigenvalue weighted by atomic mass is 10.1. The van der Waals surface area contributed by atoms with E-state index in [0.717, 1.165) is 44.0 Å². The van der Waals surface area contributed by atoms with Crippen molar-refractivity contribution in [3.8, 4) is 0 Å². The van der Waals surface area contributed by atoms with Crippen molar-refractivity contribution >= 4 is 17.3 Å². The Morgan fingerprint density at radius 3 is 2.41 bits per heavy atom. The predicted molar refractivity (Wildman–Crippen MR) is 73.9 cm³/mol. The molecule has 0 aromatic heterocycles. The summed E-state index contributed by atoms with van der Waals surface area (Å²) < 4.78 is 0. The fraction of sp³-hybridized carbons (Fsp3) is 0.500. The average Bonchev–Trinajstić information content (AvgIpc) is 2.39. The molecule has 0 unspecified atom stereocenters. The molecule has 1 heterocycles. The van der Waals surface area contributed by atoms with Gasteiger partial charge in [0.1, 0.15) is 0 Å². The molecule has 1 fully saturated rings. The van der Waals surface area contributed by atoms with Crippen LogP contribution in [0.1, 0.15) is 25.3 Å². The van der Waals surface area contributed by atoms with E-state index in [1.807, 2.05) is 24.3 Å². The van der Waals surface area contributed by atoms with E-state index in [1.54, 1.807) is 0 Å². The van der Waals surface area contributed by atoms with Crippen LogP contribution in [0.5, 0.6) is 0 Å². The van der Waals surface area contributed by atoms with Crippen molar-refractivity contribution < 1.29 is 0 Å². The van der Waals surface area contributed by atoms with Crippen LogP contribution in [0.15, 0.2) is 29.3 Å². The molecule has 1 saturated heterocycles. The zero-order valence-electron chi connectivity index (χ0n) is 10.3. The van der Waals surface area contributed by atoms with Crippen molar-refractivity contribution in [1.29, 1.82) is 0 Å². The molecule has 0 atom stereocenters. The van der Waals surface area contributed by atoms with Crippen LogP contribution in [0.3, 0.4) is 0 Å². The molecule has 92 valence electrons. The second-order valence-electron chi connectivity index (χ2n) is 4.44. The van der Waals surface area contributed by atoms with Gasteiger partial charge in [-0.1, -0.05) is 30.7 Å². The highest BCUT2D eigenvalue weighted by atomic mass is 35.5. The SMILES string of the molecule is CCN1CCC(=NCc2ccc(Cl)cc2)CC1. The van der Waals surface area contributed by atoms with Crippen molar-refractivity contribution in [3.05, 3.63) is 34.9 Å². The Morgan fingerprint density at radius 1 is 1.18 bits per heavy atom. The molecule has 0 saturated carbocycles. The van der Waals surface area contributed by atoms with Crippen LogP contribution in [0.2, 0.25) is 5.02 Å². The van der Waals surface area contributed by atoms with Crippen LogP contribution in [-0.4, -0.2) is 30.2 Å². The minimum absolute atomic E-state index is 0.789. The minimum Gasteiger partial charge on any atom is -0.303 e. The Labute approximate surface area is 108 Å². The van der Waals surface area contributed by atoms with Gasteiger partial charge in [-0.3, -0.25) is 4.99 Å². The highest BCUT2D eigenvalue weighted by molar-refractivity contribution is 6.30. The maximum absolute atomic E-state index is 5.85.